The van der Waals surface area contributed by atoms with Gasteiger partial charge in [0.15, 0.2) is 0 Å². The molecule has 0 aliphatic rings. The standard InChI is InChI=1S/C21H23N5O/c1-15-12-20(26(3)14-17-8-5-4-6-9-17)25-21(22-15)24-19-11-7-10-18(13-19)23-16(2)27/h4-13H,14H2,1-3H3,(H,23,27)(H,22,24,25). The number of anilines is 4. The van der Waals surface area contributed by atoms with Crippen LogP contribution < -0.4 is 15.5 Å². The van der Waals surface area contributed by atoms with Gasteiger partial charge >= 0.3 is 0 Å². The first-order valence-electron chi connectivity index (χ1n) is 8.75. The summed E-state index contributed by atoms with van der Waals surface area (Å²) in [5, 5.41) is 5.99. The first-order chi connectivity index (χ1) is 13.0. The van der Waals surface area contributed by atoms with E-state index in [2.05, 4.69) is 37.6 Å². The van der Waals surface area contributed by atoms with E-state index in [1.165, 1.54) is 12.5 Å². The fraction of sp³-hybridized carbons (Fsp3) is 0.190. The summed E-state index contributed by atoms with van der Waals surface area (Å²) in [5.74, 6) is 1.25. The zero-order valence-electron chi connectivity index (χ0n) is 15.7. The van der Waals surface area contributed by atoms with Crippen molar-refractivity contribution in [3.05, 3.63) is 71.9 Å². The first-order valence-corrected chi connectivity index (χ1v) is 8.75. The van der Waals surface area contributed by atoms with Gasteiger partial charge in [0.25, 0.3) is 0 Å². The number of amides is 1. The minimum absolute atomic E-state index is 0.108. The van der Waals surface area contributed by atoms with Crippen LogP contribution in [0, 0.1) is 6.92 Å². The Morgan fingerprint density at radius 1 is 1.00 bits per heavy atom. The van der Waals surface area contributed by atoms with Gasteiger partial charge in [0.2, 0.25) is 11.9 Å². The van der Waals surface area contributed by atoms with Gasteiger partial charge in [-0.2, -0.15) is 4.98 Å². The number of hydrogen-bond acceptors (Lipinski definition) is 5. The van der Waals surface area contributed by atoms with E-state index in [0.29, 0.717) is 5.95 Å². The molecule has 0 unspecified atom stereocenters. The highest BCUT2D eigenvalue weighted by atomic mass is 16.1. The molecule has 3 aromatic rings. The Balaban J connectivity index is 1.78. The average Bonchev–Trinajstić information content (AvgIpc) is 2.62. The number of carbonyl (C=O) groups excluding carboxylic acids is 1. The van der Waals surface area contributed by atoms with Crippen molar-refractivity contribution in [1.29, 1.82) is 0 Å². The Morgan fingerprint density at radius 3 is 2.48 bits per heavy atom. The van der Waals surface area contributed by atoms with Crippen LogP contribution in [0.3, 0.4) is 0 Å². The molecule has 1 heterocycles. The Hall–Kier alpha value is -3.41. The van der Waals surface area contributed by atoms with Crippen LogP contribution in [-0.4, -0.2) is 22.9 Å². The number of benzene rings is 2. The second kappa shape index (κ2) is 8.31. The van der Waals surface area contributed by atoms with Crippen molar-refractivity contribution in [2.24, 2.45) is 0 Å². The number of nitrogens with one attached hydrogen (secondary N) is 2. The second-order valence-corrected chi connectivity index (χ2v) is 6.42. The zero-order valence-corrected chi connectivity index (χ0v) is 15.7. The van der Waals surface area contributed by atoms with Crippen LogP contribution in [0.5, 0.6) is 0 Å². The van der Waals surface area contributed by atoms with E-state index in [-0.39, 0.29) is 5.91 Å². The van der Waals surface area contributed by atoms with Crippen LogP contribution in [0.4, 0.5) is 23.1 Å². The fourth-order valence-corrected chi connectivity index (χ4v) is 2.75. The van der Waals surface area contributed by atoms with E-state index in [0.717, 1.165) is 29.4 Å². The van der Waals surface area contributed by atoms with Crippen molar-refractivity contribution in [3.63, 3.8) is 0 Å². The molecule has 0 aliphatic carbocycles. The van der Waals surface area contributed by atoms with E-state index in [1.807, 2.05) is 62.5 Å². The van der Waals surface area contributed by atoms with Crippen LogP contribution >= 0.6 is 0 Å². The molecule has 0 atom stereocenters. The van der Waals surface area contributed by atoms with Gasteiger partial charge in [0.05, 0.1) is 0 Å². The van der Waals surface area contributed by atoms with E-state index >= 15 is 0 Å². The molecule has 2 N–H and O–H groups in total. The maximum absolute atomic E-state index is 11.2. The third kappa shape index (κ3) is 5.28. The Labute approximate surface area is 159 Å². The van der Waals surface area contributed by atoms with E-state index in [9.17, 15) is 4.79 Å². The Bertz CT molecular complexity index is 927. The number of carbonyl (C=O) groups is 1. The summed E-state index contributed by atoms with van der Waals surface area (Å²) in [5.41, 5.74) is 3.62. The fourth-order valence-electron chi connectivity index (χ4n) is 2.75. The summed E-state index contributed by atoms with van der Waals surface area (Å²) < 4.78 is 0. The van der Waals surface area contributed by atoms with Crippen LogP contribution in [-0.2, 0) is 11.3 Å². The molecule has 27 heavy (non-hydrogen) atoms. The smallest absolute Gasteiger partial charge is 0.229 e. The average molecular weight is 361 g/mol. The van der Waals surface area contributed by atoms with Crippen molar-refractivity contribution < 1.29 is 4.79 Å². The van der Waals surface area contributed by atoms with Gasteiger partial charge in [-0.3, -0.25) is 4.79 Å². The molecule has 1 amide bonds. The quantitative estimate of drug-likeness (QED) is 0.691. The molecule has 0 saturated heterocycles. The van der Waals surface area contributed by atoms with Gasteiger partial charge in [-0.15, -0.1) is 0 Å². The SMILES string of the molecule is CC(=O)Nc1cccc(Nc2nc(C)cc(N(C)Cc3ccccc3)n2)c1. The molecule has 6 nitrogen and oxygen atoms in total. The number of hydrogen-bond donors (Lipinski definition) is 2. The van der Waals surface area contributed by atoms with Crippen molar-refractivity contribution in [2.75, 3.05) is 22.6 Å². The largest absolute Gasteiger partial charge is 0.355 e. The van der Waals surface area contributed by atoms with Crippen LogP contribution in [0.1, 0.15) is 18.2 Å². The molecule has 0 radical (unpaired) electrons. The van der Waals surface area contributed by atoms with Gasteiger partial charge in [0, 0.05) is 43.7 Å². The summed E-state index contributed by atoms with van der Waals surface area (Å²) in [7, 11) is 2.01. The maximum Gasteiger partial charge on any atom is 0.229 e. The summed E-state index contributed by atoms with van der Waals surface area (Å²) >= 11 is 0. The molecule has 0 bridgehead atoms. The Kier molecular flexibility index (Phi) is 5.66. The summed E-state index contributed by atoms with van der Waals surface area (Å²) in [4.78, 5) is 22.4. The second-order valence-electron chi connectivity index (χ2n) is 6.42. The van der Waals surface area contributed by atoms with Crippen molar-refractivity contribution >= 4 is 29.0 Å². The van der Waals surface area contributed by atoms with E-state index in [1.54, 1.807) is 0 Å². The van der Waals surface area contributed by atoms with Crippen molar-refractivity contribution in [3.8, 4) is 0 Å². The van der Waals surface area contributed by atoms with E-state index in [4.69, 9.17) is 0 Å². The number of rotatable bonds is 6. The summed E-state index contributed by atoms with van der Waals surface area (Å²) in [6, 6.07) is 19.7. The van der Waals surface area contributed by atoms with Gasteiger partial charge in [-0.1, -0.05) is 36.4 Å². The molecule has 2 aromatic carbocycles. The molecule has 0 saturated carbocycles. The molecule has 0 spiro atoms. The monoisotopic (exact) mass is 361 g/mol. The van der Waals surface area contributed by atoms with Crippen LogP contribution in [0.15, 0.2) is 60.7 Å². The molecule has 0 aliphatic heterocycles. The number of aromatic nitrogens is 2. The van der Waals surface area contributed by atoms with Gasteiger partial charge < -0.3 is 15.5 Å². The first kappa shape index (κ1) is 18.4. The van der Waals surface area contributed by atoms with Crippen LogP contribution in [0.2, 0.25) is 0 Å². The molecule has 6 heteroatoms. The third-order valence-electron chi connectivity index (χ3n) is 3.93. The summed E-state index contributed by atoms with van der Waals surface area (Å²) in [6.07, 6.45) is 0. The molecule has 1 aromatic heterocycles. The predicted octanol–water partition coefficient (Wildman–Crippen LogP) is 4.12. The normalized spacial score (nSPS) is 10.3. The molecular formula is C21H23N5O. The predicted molar refractivity (Wildman–Crippen MR) is 109 cm³/mol. The maximum atomic E-state index is 11.2. The van der Waals surface area contributed by atoms with Crippen molar-refractivity contribution in [2.45, 2.75) is 20.4 Å². The minimum atomic E-state index is -0.108. The van der Waals surface area contributed by atoms with E-state index < -0.39 is 0 Å². The lowest BCUT2D eigenvalue weighted by Gasteiger charge is -2.19. The highest BCUT2D eigenvalue weighted by Crippen LogP contribution is 2.21. The lowest BCUT2D eigenvalue weighted by molar-refractivity contribution is -0.114. The Morgan fingerprint density at radius 2 is 1.74 bits per heavy atom. The highest BCUT2D eigenvalue weighted by molar-refractivity contribution is 5.89. The van der Waals surface area contributed by atoms with Crippen LogP contribution in [0.25, 0.3) is 0 Å². The molecule has 3 rings (SSSR count). The summed E-state index contributed by atoms with van der Waals surface area (Å²) in [6.45, 7) is 4.19. The number of aryl methyl sites for hydroxylation is 1. The molecular weight excluding hydrogens is 338 g/mol. The van der Waals surface area contributed by atoms with Crippen molar-refractivity contribution in [1.82, 2.24) is 9.97 Å². The molecule has 0 fully saturated rings. The zero-order chi connectivity index (χ0) is 19.2. The third-order valence-corrected chi connectivity index (χ3v) is 3.93. The number of nitrogens with zero attached hydrogens (tertiary/aromatic N) is 3. The minimum Gasteiger partial charge on any atom is -0.355 e. The van der Waals surface area contributed by atoms with Gasteiger partial charge in [0.1, 0.15) is 5.82 Å². The topological polar surface area (TPSA) is 70.2 Å². The van der Waals surface area contributed by atoms with Gasteiger partial charge in [-0.25, -0.2) is 4.98 Å². The van der Waals surface area contributed by atoms with Gasteiger partial charge in [-0.05, 0) is 30.7 Å². The lowest BCUT2D eigenvalue weighted by atomic mass is 10.2. The highest BCUT2D eigenvalue weighted by Gasteiger charge is 2.08. The lowest BCUT2D eigenvalue weighted by Crippen LogP contribution is -2.18. The molecule has 138 valence electrons.